The number of aliphatic hydroxyl groups excluding tert-OH is 1. The average molecular weight is 340 g/mol. The number of hydrogen-bond acceptors (Lipinski definition) is 6. The molecule has 1 aliphatic rings. The van der Waals surface area contributed by atoms with Crippen molar-refractivity contribution in [1.29, 1.82) is 0 Å². The smallest absolute Gasteiger partial charge is 0.219 e. The van der Waals surface area contributed by atoms with Crippen molar-refractivity contribution in [3.05, 3.63) is 41.3 Å². The van der Waals surface area contributed by atoms with Gasteiger partial charge in [0, 0.05) is 17.4 Å². The molecule has 0 amide bonds. The Morgan fingerprint density at radius 3 is 2.80 bits per heavy atom. The lowest BCUT2D eigenvalue weighted by molar-refractivity contribution is -0.108. The van der Waals surface area contributed by atoms with Gasteiger partial charge in [-0.25, -0.2) is 4.98 Å². The number of carbonyl (C=O) groups excluding carboxylic acids is 1. The van der Waals surface area contributed by atoms with Crippen LogP contribution in [0.2, 0.25) is 0 Å². The molecular weight excluding hydrogens is 320 g/mol. The van der Waals surface area contributed by atoms with Crippen LogP contribution in [0.4, 0.5) is 5.69 Å². The summed E-state index contributed by atoms with van der Waals surface area (Å²) in [6, 6.07) is 7.17. The number of likely N-dealkylation sites (N-methyl/N-ethyl adjacent to an activating group) is 1. The molecule has 0 spiro atoms. The SMILES string of the molecule is CNC(c1nc(C=C2C=Nc3ccccc32)c(O)n1CC=O)C(C)O. The van der Waals surface area contributed by atoms with E-state index in [1.165, 1.54) is 4.57 Å². The highest BCUT2D eigenvalue weighted by atomic mass is 16.3. The third-order valence-corrected chi connectivity index (χ3v) is 4.18. The number of aromatic hydroxyl groups is 1. The first-order valence-corrected chi connectivity index (χ1v) is 8.00. The lowest BCUT2D eigenvalue weighted by atomic mass is 10.1. The molecule has 7 heteroatoms. The maximum atomic E-state index is 11.0. The minimum Gasteiger partial charge on any atom is -0.493 e. The average Bonchev–Trinajstić information content (AvgIpc) is 3.13. The third-order valence-electron chi connectivity index (χ3n) is 4.18. The second-order valence-electron chi connectivity index (χ2n) is 5.84. The van der Waals surface area contributed by atoms with E-state index in [9.17, 15) is 15.0 Å². The summed E-state index contributed by atoms with van der Waals surface area (Å²) in [4.78, 5) is 19.8. The number of para-hydroxylation sites is 1. The van der Waals surface area contributed by atoms with E-state index in [0.717, 1.165) is 16.8 Å². The summed E-state index contributed by atoms with van der Waals surface area (Å²) in [5, 5.41) is 23.4. The fourth-order valence-corrected chi connectivity index (χ4v) is 2.96. The second kappa shape index (κ2) is 7.00. The Hall–Kier alpha value is -2.77. The van der Waals surface area contributed by atoms with Crippen LogP contribution in [0.1, 0.15) is 30.0 Å². The van der Waals surface area contributed by atoms with E-state index in [1.807, 2.05) is 24.3 Å². The van der Waals surface area contributed by atoms with Gasteiger partial charge in [-0.1, -0.05) is 18.2 Å². The molecule has 1 aliphatic heterocycles. The van der Waals surface area contributed by atoms with E-state index in [2.05, 4.69) is 15.3 Å². The molecule has 2 unspecified atom stereocenters. The second-order valence-corrected chi connectivity index (χ2v) is 5.84. The Bertz CT molecular complexity index is 852. The highest BCUT2D eigenvalue weighted by Crippen LogP contribution is 2.34. The summed E-state index contributed by atoms with van der Waals surface area (Å²) in [6.07, 6.45) is 3.38. The third kappa shape index (κ3) is 3.11. The van der Waals surface area contributed by atoms with Crippen LogP contribution in [0.3, 0.4) is 0 Å². The summed E-state index contributed by atoms with van der Waals surface area (Å²) >= 11 is 0. The van der Waals surface area contributed by atoms with E-state index in [4.69, 9.17) is 0 Å². The molecule has 7 nitrogen and oxygen atoms in total. The lowest BCUT2D eigenvalue weighted by Crippen LogP contribution is -2.30. The number of fused-ring (bicyclic) bond motifs is 1. The maximum Gasteiger partial charge on any atom is 0.219 e. The fourth-order valence-electron chi connectivity index (χ4n) is 2.96. The van der Waals surface area contributed by atoms with Crippen molar-refractivity contribution in [2.75, 3.05) is 7.05 Å². The Kier molecular flexibility index (Phi) is 4.78. The molecule has 1 aromatic heterocycles. The number of imidazole rings is 1. The van der Waals surface area contributed by atoms with Crippen LogP contribution in [0.15, 0.2) is 29.3 Å². The monoisotopic (exact) mass is 340 g/mol. The van der Waals surface area contributed by atoms with Crippen LogP contribution in [-0.2, 0) is 11.3 Å². The topological polar surface area (TPSA) is 99.7 Å². The summed E-state index contributed by atoms with van der Waals surface area (Å²) in [6.45, 7) is 1.57. The van der Waals surface area contributed by atoms with Gasteiger partial charge >= 0.3 is 0 Å². The largest absolute Gasteiger partial charge is 0.493 e. The number of nitrogens with one attached hydrogen (secondary N) is 1. The van der Waals surface area contributed by atoms with Crippen LogP contribution < -0.4 is 5.32 Å². The molecular formula is C18H20N4O3. The van der Waals surface area contributed by atoms with Crippen LogP contribution >= 0.6 is 0 Å². The summed E-state index contributed by atoms with van der Waals surface area (Å²) in [5.74, 6) is 0.283. The summed E-state index contributed by atoms with van der Waals surface area (Å²) < 4.78 is 1.39. The molecule has 1 aromatic carbocycles. The van der Waals surface area contributed by atoms with Gasteiger partial charge in [-0.3, -0.25) is 9.56 Å². The Morgan fingerprint density at radius 2 is 2.12 bits per heavy atom. The molecule has 0 bridgehead atoms. The van der Waals surface area contributed by atoms with E-state index >= 15 is 0 Å². The molecule has 3 N–H and O–H groups in total. The molecule has 0 saturated carbocycles. The van der Waals surface area contributed by atoms with Crippen molar-refractivity contribution < 1.29 is 15.0 Å². The number of aliphatic hydroxyl groups is 1. The Balaban J connectivity index is 2.08. The van der Waals surface area contributed by atoms with Crippen LogP contribution in [0.25, 0.3) is 11.6 Å². The Labute approximate surface area is 145 Å². The molecule has 0 saturated heterocycles. The van der Waals surface area contributed by atoms with Crippen molar-refractivity contribution in [1.82, 2.24) is 14.9 Å². The normalized spacial score (nSPS) is 16.8. The van der Waals surface area contributed by atoms with Crippen molar-refractivity contribution in [2.24, 2.45) is 4.99 Å². The zero-order chi connectivity index (χ0) is 18.0. The van der Waals surface area contributed by atoms with E-state index in [1.54, 1.807) is 26.3 Å². The van der Waals surface area contributed by atoms with E-state index in [-0.39, 0.29) is 12.4 Å². The van der Waals surface area contributed by atoms with E-state index in [0.29, 0.717) is 17.8 Å². The van der Waals surface area contributed by atoms with Crippen molar-refractivity contribution >= 4 is 29.8 Å². The number of aliphatic imine (C=N–C) groups is 1. The predicted molar refractivity (Wildman–Crippen MR) is 95.9 cm³/mol. The molecule has 2 atom stereocenters. The predicted octanol–water partition coefficient (Wildman–Crippen LogP) is 1.69. The zero-order valence-corrected chi connectivity index (χ0v) is 14.0. The molecule has 2 aromatic rings. The van der Waals surface area contributed by atoms with Crippen LogP contribution in [0, 0.1) is 0 Å². The van der Waals surface area contributed by atoms with E-state index < -0.39 is 12.1 Å². The van der Waals surface area contributed by atoms with Gasteiger partial charge in [0.25, 0.3) is 0 Å². The lowest BCUT2D eigenvalue weighted by Gasteiger charge is -2.19. The standard InChI is InChI=1S/C18H20N4O3/c1-11(24)16(19-2)17-21-15(18(25)22(17)7-8-23)9-12-10-20-14-6-4-3-5-13(12)14/h3-6,8-11,16,19,24-25H,7H2,1-2H3. The highest BCUT2D eigenvalue weighted by molar-refractivity contribution is 6.21. The summed E-state index contributed by atoms with van der Waals surface area (Å²) in [7, 11) is 1.69. The molecule has 0 aliphatic carbocycles. The first-order valence-electron chi connectivity index (χ1n) is 8.00. The van der Waals surface area contributed by atoms with Gasteiger partial charge in [0.1, 0.15) is 17.8 Å². The van der Waals surface area contributed by atoms with Gasteiger partial charge in [0.05, 0.1) is 24.4 Å². The van der Waals surface area contributed by atoms with Gasteiger partial charge in [0.15, 0.2) is 0 Å². The van der Waals surface area contributed by atoms with Crippen molar-refractivity contribution in [3.63, 3.8) is 0 Å². The van der Waals surface area contributed by atoms with Gasteiger partial charge in [-0.2, -0.15) is 0 Å². The number of allylic oxidation sites excluding steroid dienone is 1. The molecule has 130 valence electrons. The summed E-state index contributed by atoms with van der Waals surface area (Å²) in [5.41, 5.74) is 2.97. The number of hydrogen-bond donors (Lipinski definition) is 3. The van der Waals surface area contributed by atoms with Gasteiger partial charge in [-0.05, 0) is 26.1 Å². The fraction of sp³-hybridized carbons (Fsp3) is 0.278. The molecule has 3 rings (SSSR count). The van der Waals surface area contributed by atoms with Crippen LogP contribution in [-0.4, -0.2) is 45.4 Å². The first kappa shape index (κ1) is 17.1. The molecule has 2 heterocycles. The Morgan fingerprint density at radius 1 is 1.36 bits per heavy atom. The van der Waals surface area contributed by atoms with Crippen molar-refractivity contribution in [2.45, 2.75) is 25.6 Å². The first-order chi connectivity index (χ1) is 12.1. The number of rotatable bonds is 6. The number of aromatic nitrogens is 2. The number of carbonyl (C=O) groups is 1. The van der Waals surface area contributed by atoms with Crippen LogP contribution in [0.5, 0.6) is 5.88 Å². The number of benzene rings is 1. The quantitative estimate of drug-likeness (QED) is 0.695. The number of aldehydes is 1. The van der Waals surface area contributed by atoms with Gasteiger partial charge in [-0.15, -0.1) is 0 Å². The highest BCUT2D eigenvalue weighted by Gasteiger charge is 2.25. The minimum atomic E-state index is -0.744. The van der Waals surface area contributed by atoms with Gasteiger partial charge in [0.2, 0.25) is 5.88 Å². The molecule has 25 heavy (non-hydrogen) atoms. The molecule has 0 fully saturated rings. The van der Waals surface area contributed by atoms with Gasteiger partial charge < -0.3 is 20.3 Å². The zero-order valence-electron chi connectivity index (χ0n) is 14.0. The van der Waals surface area contributed by atoms with Crippen molar-refractivity contribution in [3.8, 4) is 5.88 Å². The minimum absolute atomic E-state index is 0.0487. The molecule has 0 radical (unpaired) electrons. The maximum absolute atomic E-state index is 11.0. The number of nitrogens with zero attached hydrogens (tertiary/aromatic N) is 3.